The molecule has 3 aromatic rings. The maximum absolute atomic E-state index is 13.0. The van der Waals surface area contributed by atoms with E-state index >= 15 is 0 Å². The number of halogens is 1. The molecule has 0 amide bonds. The predicted molar refractivity (Wildman–Crippen MR) is 135 cm³/mol. The molecule has 0 saturated heterocycles. The lowest BCUT2D eigenvalue weighted by molar-refractivity contribution is -0.131. The van der Waals surface area contributed by atoms with Crippen LogP contribution in [-0.4, -0.2) is 28.1 Å². The van der Waals surface area contributed by atoms with Gasteiger partial charge in [-0.1, -0.05) is 25.6 Å². The molecule has 7 nitrogen and oxygen atoms in total. The Bertz CT molecular complexity index is 1290. The molecule has 1 aromatic carbocycles. The van der Waals surface area contributed by atoms with Gasteiger partial charge in [-0.05, 0) is 59.5 Å². The monoisotopic (exact) mass is 543 g/mol. The number of aryl methyl sites for hydroxylation is 1. The molecule has 0 bridgehead atoms. The first-order valence-electron chi connectivity index (χ1n) is 10.8. The summed E-state index contributed by atoms with van der Waals surface area (Å²) in [6.07, 6.45) is 0.814. The van der Waals surface area contributed by atoms with E-state index in [9.17, 15) is 14.9 Å². The highest BCUT2D eigenvalue weighted by molar-refractivity contribution is 9.10. The molecule has 0 saturated carbocycles. The van der Waals surface area contributed by atoms with Gasteiger partial charge in [0.2, 0.25) is 0 Å². The number of carbonyl (C=O) groups excluding carboxylic acids is 2. The average Bonchev–Trinajstić information content (AvgIpc) is 3.03. The molecule has 0 aliphatic rings. The van der Waals surface area contributed by atoms with Gasteiger partial charge in [-0.2, -0.15) is 5.26 Å². The zero-order valence-electron chi connectivity index (χ0n) is 19.8. The van der Waals surface area contributed by atoms with E-state index in [4.69, 9.17) is 14.5 Å². The van der Waals surface area contributed by atoms with Crippen LogP contribution in [0.4, 0.5) is 0 Å². The highest BCUT2D eigenvalue weighted by atomic mass is 79.9. The molecule has 9 heteroatoms. The molecule has 178 valence electrons. The molecular formula is C25H26BrN3O4S. The Morgan fingerprint density at radius 2 is 2.03 bits per heavy atom. The normalized spacial score (nSPS) is 11.0. The van der Waals surface area contributed by atoms with E-state index in [-0.39, 0.29) is 6.61 Å². The van der Waals surface area contributed by atoms with Crippen molar-refractivity contribution in [2.45, 2.75) is 44.9 Å². The summed E-state index contributed by atoms with van der Waals surface area (Å²) in [5, 5.41) is 10.8. The Morgan fingerprint density at radius 1 is 1.29 bits per heavy atom. The van der Waals surface area contributed by atoms with E-state index in [0.717, 1.165) is 23.3 Å². The second-order valence-corrected chi connectivity index (χ2v) is 9.97. The minimum absolute atomic E-state index is 0.229. The largest absolute Gasteiger partial charge is 0.462 e. The van der Waals surface area contributed by atoms with Crippen LogP contribution in [0, 0.1) is 17.2 Å². The highest BCUT2D eigenvalue weighted by Crippen LogP contribution is 2.37. The molecule has 0 aliphatic carbocycles. The minimum atomic E-state index is -0.458. The zero-order valence-corrected chi connectivity index (χ0v) is 22.2. The van der Waals surface area contributed by atoms with Gasteiger partial charge in [0.05, 0.1) is 27.7 Å². The quantitative estimate of drug-likeness (QED) is 0.201. The molecule has 34 heavy (non-hydrogen) atoms. The van der Waals surface area contributed by atoms with Crippen molar-refractivity contribution in [3.05, 3.63) is 51.3 Å². The van der Waals surface area contributed by atoms with Gasteiger partial charge in [0.1, 0.15) is 16.8 Å². The number of aromatic nitrogens is 2. The van der Waals surface area contributed by atoms with Crippen LogP contribution in [0.2, 0.25) is 0 Å². The van der Waals surface area contributed by atoms with Gasteiger partial charge in [0.15, 0.2) is 0 Å². The average molecular weight is 544 g/mol. The van der Waals surface area contributed by atoms with Crippen molar-refractivity contribution >= 4 is 50.5 Å². The van der Waals surface area contributed by atoms with E-state index in [1.54, 1.807) is 19.1 Å². The Balaban J connectivity index is 2.09. The van der Waals surface area contributed by atoms with Gasteiger partial charge < -0.3 is 14.0 Å². The molecule has 2 aromatic heterocycles. The first-order valence-corrected chi connectivity index (χ1v) is 12.6. The molecular weight excluding hydrogens is 518 g/mol. The number of hydrogen-bond acceptors (Lipinski definition) is 7. The van der Waals surface area contributed by atoms with Crippen LogP contribution in [0.25, 0.3) is 10.9 Å². The first-order chi connectivity index (χ1) is 16.2. The summed E-state index contributed by atoms with van der Waals surface area (Å²) in [6, 6.07) is 9.37. The Labute approximate surface area is 211 Å². The topological polar surface area (TPSA) is 94.2 Å². The highest BCUT2D eigenvalue weighted by Gasteiger charge is 2.25. The number of rotatable bonds is 8. The van der Waals surface area contributed by atoms with Gasteiger partial charge in [0.25, 0.3) is 0 Å². The van der Waals surface area contributed by atoms with Crippen molar-refractivity contribution in [1.82, 2.24) is 9.55 Å². The third-order valence-electron chi connectivity index (χ3n) is 5.11. The lowest BCUT2D eigenvalue weighted by atomic mass is 10.1. The summed E-state index contributed by atoms with van der Waals surface area (Å²) in [7, 11) is 1.87. The molecule has 0 fully saturated rings. The van der Waals surface area contributed by atoms with Gasteiger partial charge in [-0.15, -0.1) is 0 Å². The second-order valence-electron chi connectivity index (χ2n) is 8.15. The Hall–Kier alpha value is -2.83. The van der Waals surface area contributed by atoms with Crippen molar-refractivity contribution in [2.75, 3.05) is 6.61 Å². The molecule has 0 atom stereocenters. The number of pyridine rings is 1. The lowest BCUT2D eigenvalue weighted by Gasteiger charge is -2.10. The number of nitriles is 1. The summed E-state index contributed by atoms with van der Waals surface area (Å²) >= 11 is 4.85. The Kier molecular flexibility index (Phi) is 8.39. The number of nitrogens with zero attached hydrogens (tertiary/aromatic N) is 3. The SMILES string of the molecule is CCOC(=O)c1c(CSc2nc(CC(C)C)ccc2C#N)n(C)c2cc(Br)c(OC(C)=O)cc12. The summed E-state index contributed by atoms with van der Waals surface area (Å²) in [6.45, 7) is 7.55. The van der Waals surface area contributed by atoms with Crippen LogP contribution in [0.5, 0.6) is 5.75 Å². The minimum Gasteiger partial charge on any atom is -0.462 e. The Morgan fingerprint density at radius 3 is 2.65 bits per heavy atom. The lowest BCUT2D eigenvalue weighted by Crippen LogP contribution is -2.08. The number of ether oxygens (including phenoxy) is 2. The van der Waals surface area contributed by atoms with Crippen LogP contribution >= 0.6 is 27.7 Å². The standard InChI is InChI=1S/C25H26BrN3O4S/c1-6-32-25(31)23-18-10-22(33-15(4)30)19(26)11-20(18)29(5)21(23)13-34-24-16(12-27)7-8-17(28-24)9-14(2)3/h7-8,10-11,14H,6,9,13H2,1-5H3. The summed E-state index contributed by atoms with van der Waals surface area (Å²) < 4.78 is 13.2. The van der Waals surface area contributed by atoms with E-state index in [1.807, 2.05) is 23.7 Å². The van der Waals surface area contributed by atoms with Gasteiger partial charge in [-0.25, -0.2) is 9.78 Å². The smallest absolute Gasteiger partial charge is 0.340 e. The van der Waals surface area contributed by atoms with E-state index in [2.05, 4.69) is 35.8 Å². The molecule has 2 heterocycles. The van der Waals surface area contributed by atoms with Crippen molar-refractivity contribution in [3.63, 3.8) is 0 Å². The van der Waals surface area contributed by atoms with Crippen LogP contribution < -0.4 is 4.74 Å². The summed E-state index contributed by atoms with van der Waals surface area (Å²) in [5.74, 6) is 0.247. The molecule has 0 radical (unpaired) electrons. The third kappa shape index (κ3) is 5.62. The molecule has 0 N–H and O–H groups in total. The third-order valence-corrected chi connectivity index (χ3v) is 6.73. The number of carbonyl (C=O) groups is 2. The van der Waals surface area contributed by atoms with Crippen molar-refractivity contribution in [3.8, 4) is 11.8 Å². The molecule has 3 rings (SSSR count). The maximum atomic E-state index is 13.0. The van der Waals surface area contributed by atoms with Crippen molar-refractivity contribution < 1.29 is 19.1 Å². The van der Waals surface area contributed by atoms with E-state index < -0.39 is 11.9 Å². The van der Waals surface area contributed by atoms with Gasteiger partial charge >= 0.3 is 11.9 Å². The van der Waals surface area contributed by atoms with Crippen molar-refractivity contribution in [1.29, 1.82) is 5.26 Å². The maximum Gasteiger partial charge on any atom is 0.340 e. The fourth-order valence-electron chi connectivity index (χ4n) is 3.66. The van der Waals surface area contributed by atoms with Crippen molar-refractivity contribution in [2.24, 2.45) is 13.0 Å². The number of fused-ring (bicyclic) bond motifs is 1. The molecule has 0 aliphatic heterocycles. The first kappa shape index (κ1) is 25.8. The zero-order chi connectivity index (χ0) is 25.0. The fraction of sp³-hybridized carbons (Fsp3) is 0.360. The number of hydrogen-bond donors (Lipinski definition) is 0. The number of thioether (sulfide) groups is 1. The van der Waals surface area contributed by atoms with Crippen LogP contribution in [-0.2, 0) is 28.8 Å². The van der Waals surface area contributed by atoms with Crippen LogP contribution in [0.1, 0.15) is 55.0 Å². The molecule has 0 unspecified atom stereocenters. The van der Waals surface area contributed by atoms with E-state index in [1.165, 1.54) is 18.7 Å². The van der Waals surface area contributed by atoms with E-state index in [0.29, 0.717) is 43.4 Å². The fourth-order valence-corrected chi connectivity index (χ4v) is 5.14. The summed E-state index contributed by atoms with van der Waals surface area (Å²) in [5.41, 5.74) is 3.33. The second kappa shape index (κ2) is 11.1. The number of benzene rings is 1. The number of esters is 2. The van der Waals surface area contributed by atoms with Gasteiger partial charge in [0, 0.05) is 36.5 Å². The summed E-state index contributed by atoms with van der Waals surface area (Å²) in [4.78, 5) is 29.2. The van der Waals surface area contributed by atoms with Crippen LogP contribution in [0.15, 0.2) is 33.8 Å². The van der Waals surface area contributed by atoms with Gasteiger partial charge in [-0.3, -0.25) is 4.79 Å². The van der Waals surface area contributed by atoms with Crippen LogP contribution in [0.3, 0.4) is 0 Å². The predicted octanol–water partition coefficient (Wildman–Crippen LogP) is 5.80. The molecule has 0 spiro atoms.